The van der Waals surface area contributed by atoms with Gasteiger partial charge in [-0.15, -0.1) is 0 Å². The second-order valence-corrected chi connectivity index (χ2v) is 18.2. The summed E-state index contributed by atoms with van der Waals surface area (Å²) in [5.74, 6) is -0.709. The van der Waals surface area contributed by atoms with Crippen LogP contribution in [0.25, 0.3) is 0 Å². The second-order valence-electron chi connectivity index (χ2n) is 18.2. The topological polar surface area (TPSA) is 189 Å². The minimum atomic E-state index is -1.67. The van der Waals surface area contributed by atoms with E-state index in [0.717, 1.165) is 38.5 Å². The van der Waals surface area contributed by atoms with Crippen molar-refractivity contribution in [2.75, 3.05) is 13.2 Å². The van der Waals surface area contributed by atoms with Crippen LogP contribution in [0.2, 0.25) is 0 Å². The van der Waals surface area contributed by atoms with Gasteiger partial charge in [-0.1, -0.05) is 199 Å². The maximum absolute atomic E-state index is 13.1. The first-order valence-electron chi connectivity index (χ1n) is 25.7. The summed E-state index contributed by atoms with van der Waals surface area (Å²) in [6.45, 7) is 3.44. The third kappa shape index (κ3) is 29.9. The van der Waals surface area contributed by atoms with E-state index in [2.05, 4.69) is 43.5 Å². The summed E-state index contributed by atoms with van der Waals surface area (Å²) in [7, 11) is 0. The molecule has 1 saturated heterocycles. The molecule has 0 spiro atoms. The Morgan fingerprint density at radius 3 is 1.44 bits per heavy atom. The predicted molar refractivity (Wildman–Crippen MR) is 252 cm³/mol. The molecule has 11 heteroatoms. The number of hydrogen-bond donors (Lipinski definition) is 8. The molecule has 8 N–H and O–H groups in total. The van der Waals surface area contributed by atoms with Crippen molar-refractivity contribution in [2.24, 2.45) is 0 Å². The number of amides is 1. The van der Waals surface area contributed by atoms with Crippen molar-refractivity contribution in [1.29, 1.82) is 0 Å². The lowest BCUT2D eigenvalue weighted by Gasteiger charge is -2.40. The fourth-order valence-corrected chi connectivity index (χ4v) is 8.22. The number of aliphatic hydroxyl groups excluding tert-OH is 7. The van der Waals surface area contributed by atoms with Gasteiger partial charge in [-0.25, -0.2) is 0 Å². The van der Waals surface area contributed by atoms with Gasteiger partial charge >= 0.3 is 0 Å². The van der Waals surface area contributed by atoms with Crippen molar-refractivity contribution in [3.8, 4) is 0 Å². The first-order chi connectivity index (χ1) is 30.2. The highest BCUT2D eigenvalue weighted by molar-refractivity contribution is 5.80. The number of nitrogens with one attached hydrogen (secondary N) is 1. The summed E-state index contributed by atoms with van der Waals surface area (Å²) in [5.41, 5.74) is 0. The van der Waals surface area contributed by atoms with Gasteiger partial charge in [0.25, 0.3) is 0 Å². The van der Waals surface area contributed by atoms with E-state index in [1.807, 2.05) is 0 Å². The molecule has 1 heterocycles. The van der Waals surface area contributed by atoms with Crippen molar-refractivity contribution in [3.63, 3.8) is 0 Å². The van der Waals surface area contributed by atoms with Crippen molar-refractivity contribution >= 4 is 5.91 Å². The van der Waals surface area contributed by atoms with E-state index >= 15 is 0 Å². The van der Waals surface area contributed by atoms with Crippen LogP contribution in [-0.2, 0) is 14.3 Å². The van der Waals surface area contributed by atoms with E-state index in [-0.39, 0.29) is 12.8 Å². The van der Waals surface area contributed by atoms with Crippen LogP contribution in [0.5, 0.6) is 0 Å². The second kappa shape index (κ2) is 41.1. The van der Waals surface area contributed by atoms with Gasteiger partial charge in [0.05, 0.1) is 25.4 Å². The molecule has 9 atom stereocenters. The van der Waals surface area contributed by atoms with Crippen LogP contribution in [0.4, 0.5) is 0 Å². The van der Waals surface area contributed by atoms with E-state index in [9.17, 15) is 40.5 Å². The van der Waals surface area contributed by atoms with Gasteiger partial charge in [0.2, 0.25) is 5.91 Å². The molecule has 1 aliphatic rings. The molecule has 11 nitrogen and oxygen atoms in total. The zero-order valence-corrected chi connectivity index (χ0v) is 39.6. The first-order valence-corrected chi connectivity index (χ1v) is 25.7. The van der Waals surface area contributed by atoms with Gasteiger partial charge in [0.1, 0.15) is 36.6 Å². The molecule has 62 heavy (non-hydrogen) atoms. The molecular weight excluding hydrogens is 787 g/mol. The van der Waals surface area contributed by atoms with Crippen LogP contribution in [-0.4, -0.2) is 110 Å². The number of allylic oxidation sites excluding steroid dienone is 4. The number of carbonyl (C=O) groups excluding carboxylic acids is 1. The average Bonchev–Trinajstić information content (AvgIpc) is 3.27. The van der Waals surface area contributed by atoms with Gasteiger partial charge in [0.15, 0.2) is 6.29 Å². The molecule has 1 rings (SSSR count). The number of hydrogen-bond acceptors (Lipinski definition) is 10. The number of unbranched alkanes of at least 4 members (excludes halogenated alkanes) is 27. The Labute approximate surface area is 378 Å². The quantitative estimate of drug-likeness (QED) is 0.0216. The molecular formula is C51H97NO10. The smallest absolute Gasteiger partial charge is 0.249 e. The Balaban J connectivity index is 2.42. The van der Waals surface area contributed by atoms with Crippen LogP contribution >= 0.6 is 0 Å². The fourth-order valence-electron chi connectivity index (χ4n) is 8.22. The summed E-state index contributed by atoms with van der Waals surface area (Å²) in [4.78, 5) is 13.1. The molecule has 1 amide bonds. The number of aliphatic hydroxyl groups is 7. The van der Waals surface area contributed by atoms with Crippen molar-refractivity contribution in [2.45, 2.75) is 281 Å². The van der Waals surface area contributed by atoms with E-state index < -0.39 is 74.2 Å². The number of carbonyl (C=O) groups is 1. The predicted octanol–water partition coefficient (Wildman–Crippen LogP) is 9.40. The summed E-state index contributed by atoms with van der Waals surface area (Å²) in [6.07, 6.45) is 35.1. The maximum Gasteiger partial charge on any atom is 0.249 e. The lowest BCUT2D eigenvalue weighted by atomic mass is 9.98. The molecule has 366 valence electrons. The molecule has 1 fully saturated rings. The highest BCUT2D eigenvalue weighted by atomic mass is 16.7. The van der Waals surface area contributed by atoms with E-state index in [1.54, 1.807) is 0 Å². The minimum absolute atomic E-state index is 0.248. The minimum Gasteiger partial charge on any atom is -0.394 e. The molecule has 1 aliphatic heterocycles. The molecule has 0 aliphatic carbocycles. The standard InChI is InChI=1S/C51H97NO10/c1-3-5-7-9-11-13-15-17-19-20-21-22-23-25-26-28-30-32-34-36-38-43(54)46(56)42(41-61-51-49(59)48(58)47(57)45(40-53)62-51)52-50(60)44(55)39-37-35-33-31-29-27-24-18-16-14-12-10-8-6-4-2/h23,25,30,32,42-49,51,53-59H,3-22,24,26-29,31,33-41H2,1-2H3,(H,52,60)/b25-23+,32-30+. The van der Waals surface area contributed by atoms with Gasteiger partial charge < -0.3 is 50.5 Å². The average molecular weight is 884 g/mol. The van der Waals surface area contributed by atoms with Gasteiger partial charge in [-0.3, -0.25) is 4.79 Å². The monoisotopic (exact) mass is 884 g/mol. The maximum atomic E-state index is 13.1. The van der Waals surface area contributed by atoms with Crippen LogP contribution < -0.4 is 5.32 Å². The summed E-state index contributed by atoms with van der Waals surface area (Å²) in [6, 6.07) is -1.19. The van der Waals surface area contributed by atoms with E-state index in [1.165, 1.54) is 141 Å². The number of rotatable bonds is 43. The Hall–Kier alpha value is -1.41. The summed E-state index contributed by atoms with van der Waals surface area (Å²) >= 11 is 0. The Morgan fingerprint density at radius 1 is 0.548 bits per heavy atom. The molecule has 0 aromatic carbocycles. The van der Waals surface area contributed by atoms with Crippen molar-refractivity contribution in [1.82, 2.24) is 5.32 Å². The largest absolute Gasteiger partial charge is 0.394 e. The van der Waals surface area contributed by atoms with Gasteiger partial charge in [-0.2, -0.15) is 0 Å². The highest BCUT2D eigenvalue weighted by Gasteiger charge is 2.44. The fraction of sp³-hybridized carbons (Fsp3) is 0.902. The molecule has 0 radical (unpaired) electrons. The molecule has 0 aromatic heterocycles. The van der Waals surface area contributed by atoms with Crippen LogP contribution in [0.15, 0.2) is 24.3 Å². The summed E-state index contributed by atoms with van der Waals surface area (Å²) < 4.78 is 11.1. The lowest BCUT2D eigenvalue weighted by molar-refractivity contribution is -0.303. The highest BCUT2D eigenvalue weighted by Crippen LogP contribution is 2.23. The molecule has 9 unspecified atom stereocenters. The van der Waals surface area contributed by atoms with E-state index in [4.69, 9.17) is 9.47 Å². The molecule has 0 saturated carbocycles. The van der Waals surface area contributed by atoms with Crippen LogP contribution in [0.3, 0.4) is 0 Å². The Bertz CT molecular complexity index is 1060. The number of ether oxygens (including phenoxy) is 2. The normalized spacial score (nSPS) is 21.5. The Kier molecular flexibility index (Phi) is 38.8. The van der Waals surface area contributed by atoms with Crippen LogP contribution in [0.1, 0.15) is 226 Å². The van der Waals surface area contributed by atoms with Crippen molar-refractivity contribution < 1.29 is 50.0 Å². The van der Waals surface area contributed by atoms with Gasteiger partial charge in [0, 0.05) is 0 Å². The first kappa shape index (κ1) is 58.6. The zero-order valence-electron chi connectivity index (χ0n) is 39.6. The van der Waals surface area contributed by atoms with Crippen molar-refractivity contribution in [3.05, 3.63) is 24.3 Å². The third-order valence-electron chi connectivity index (χ3n) is 12.5. The molecule has 0 aromatic rings. The zero-order chi connectivity index (χ0) is 45.5. The summed E-state index contributed by atoms with van der Waals surface area (Å²) in [5, 5.41) is 75.8. The molecule has 0 bridgehead atoms. The lowest BCUT2D eigenvalue weighted by Crippen LogP contribution is -2.60. The third-order valence-corrected chi connectivity index (χ3v) is 12.5. The Morgan fingerprint density at radius 2 is 0.968 bits per heavy atom. The van der Waals surface area contributed by atoms with Gasteiger partial charge in [-0.05, 0) is 51.4 Å². The van der Waals surface area contributed by atoms with Crippen LogP contribution in [0, 0.1) is 0 Å². The van der Waals surface area contributed by atoms with E-state index in [0.29, 0.717) is 19.3 Å². The SMILES string of the molecule is CCCCCCCCCCCCC/C=C/CC/C=C/CCCC(O)C(O)C(COC1OC(CO)C(O)C(O)C1O)NC(=O)C(O)CCCCCCCCCCCCCCCCC.